The van der Waals surface area contributed by atoms with Crippen molar-refractivity contribution in [3.8, 4) is 0 Å². The van der Waals surface area contributed by atoms with Gasteiger partial charge in [0.2, 0.25) is 0 Å². The second-order valence-corrected chi connectivity index (χ2v) is 6.71. The summed E-state index contributed by atoms with van der Waals surface area (Å²) < 4.78 is 12.3. The first kappa shape index (κ1) is 12.5. The molecular weight excluding hydrogens is 227 g/mol. The minimum absolute atomic E-state index is 0.656. The van der Waals surface area contributed by atoms with Crippen LogP contribution in [0, 0.1) is 0 Å². The monoisotopic (exact) mass is 242 g/mol. The van der Waals surface area contributed by atoms with E-state index in [0.717, 1.165) is 18.1 Å². The fourth-order valence-corrected chi connectivity index (χ4v) is 2.92. The van der Waals surface area contributed by atoms with E-state index >= 15 is 0 Å². The number of hydrogen-bond acceptors (Lipinski definition) is 1. The number of allylic oxidation sites excluding steroid dienone is 1. The van der Waals surface area contributed by atoms with Crippen LogP contribution in [0.5, 0.6) is 0 Å². The third-order valence-corrected chi connectivity index (χ3v) is 4.53. The molecule has 0 aliphatic carbocycles. The van der Waals surface area contributed by atoms with Gasteiger partial charge in [-0.2, -0.15) is 0 Å². The molecule has 1 aromatic carbocycles. The number of halogens is 1. The van der Waals surface area contributed by atoms with Crippen LogP contribution in [-0.2, 0) is 4.57 Å². The van der Waals surface area contributed by atoms with Gasteiger partial charge in [-0.05, 0) is 25.3 Å². The second kappa shape index (κ2) is 6.15. The van der Waals surface area contributed by atoms with E-state index in [0.29, 0.717) is 5.88 Å². The molecule has 0 aliphatic heterocycles. The van der Waals surface area contributed by atoms with Crippen molar-refractivity contribution in [3.05, 3.63) is 42.2 Å². The van der Waals surface area contributed by atoms with Crippen molar-refractivity contribution in [2.75, 3.05) is 12.5 Å². The lowest BCUT2D eigenvalue weighted by atomic mass is 10.3. The normalized spacial score (nSPS) is 15.3. The van der Waals surface area contributed by atoms with Gasteiger partial charge >= 0.3 is 0 Å². The first-order chi connectivity index (χ1) is 7.17. The highest BCUT2D eigenvalue weighted by atomic mass is 35.5. The largest absolute Gasteiger partial charge is 0.315 e. The van der Waals surface area contributed by atoms with Gasteiger partial charge < -0.3 is 4.57 Å². The molecule has 0 heterocycles. The molecular formula is C12H16ClOP. The summed E-state index contributed by atoms with van der Waals surface area (Å²) in [5.41, 5.74) is 0. The molecule has 1 rings (SSSR count). The smallest absolute Gasteiger partial charge is 0.133 e. The maximum atomic E-state index is 12.3. The van der Waals surface area contributed by atoms with E-state index in [4.69, 9.17) is 11.6 Å². The van der Waals surface area contributed by atoms with Gasteiger partial charge in [-0.25, -0.2) is 0 Å². The van der Waals surface area contributed by atoms with E-state index < -0.39 is 7.14 Å². The fourth-order valence-electron chi connectivity index (χ4n) is 1.28. The molecule has 82 valence electrons. The Morgan fingerprint density at radius 2 is 2.00 bits per heavy atom. The van der Waals surface area contributed by atoms with E-state index in [9.17, 15) is 4.57 Å². The first-order valence-electron chi connectivity index (χ1n) is 5.03. The molecule has 0 saturated heterocycles. The van der Waals surface area contributed by atoms with Gasteiger partial charge in [0.05, 0.1) is 0 Å². The van der Waals surface area contributed by atoms with Gasteiger partial charge in [-0.3, -0.25) is 0 Å². The lowest BCUT2D eigenvalue weighted by Crippen LogP contribution is -1.99. The molecule has 1 nitrogen and oxygen atoms in total. The van der Waals surface area contributed by atoms with Crippen LogP contribution in [-0.4, -0.2) is 12.5 Å². The fraction of sp³-hybridized carbons (Fsp3) is 0.333. The Balaban J connectivity index is 2.68. The van der Waals surface area contributed by atoms with E-state index in [1.165, 1.54) is 0 Å². The molecule has 1 aromatic rings. The molecule has 15 heavy (non-hydrogen) atoms. The summed E-state index contributed by atoms with van der Waals surface area (Å²) in [4.78, 5) is 0. The zero-order chi connectivity index (χ0) is 11.1. The standard InChI is InChI=1S/C12H16ClOP/c1-15(14,11-7-3-6-10-13)12-8-4-2-5-9-12/h2,4-5,7-9,11H,3,6,10H2,1H3/b11-7+/t15-/m0/s1. The van der Waals surface area contributed by atoms with Crippen molar-refractivity contribution in [1.82, 2.24) is 0 Å². The van der Waals surface area contributed by atoms with Crippen LogP contribution in [0.1, 0.15) is 12.8 Å². The van der Waals surface area contributed by atoms with Gasteiger partial charge in [0.1, 0.15) is 7.14 Å². The molecule has 0 unspecified atom stereocenters. The summed E-state index contributed by atoms with van der Waals surface area (Å²) >= 11 is 5.57. The summed E-state index contributed by atoms with van der Waals surface area (Å²) in [6.45, 7) is 1.79. The summed E-state index contributed by atoms with van der Waals surface area (Å²) in [5.74, 6) is 2.48. The van der Waals surface area contributed by atoms with Gasteiger partial charge in [0.25, 0.3) is 0 Å². The molecule has 0 aromatic heterocycles. The topological polar surface area (TPSA) is 17.1 Å². The first-order valence-corrected chi connectivity index (χ1v) is 7.79. The summed E-state index contributed by atoms with van der Waals surface area (Å²) in [6.07, 6.45) is 3.80. The highest BCUT2D eigenvalue weighted by Crippen LogP contribution is 2.41. The summed E-state index contributed by atoms with van der Waals surface area (Å²) in [6, 6.07) is 9.58. The summed E-state index contributed by atoms with van der Waals surface area (Å²) in [7, 11) is -2.31. The molecule has 0 spiro atoms. The quantitative estimate of drug-likeness (QED) is 0.436. The summed E-state index contributed by atoms with van der Waals surface area (Å²) in [5, 5.41) is 0.909. The molecule has 0 saturated carbocycles. The number of unbranched alkanes of at least 4 members (excludes halogenated alkanes) is 1. The predicted octanol–water partition coefficient (Wildman–Crippen LogP) is 3.84. The van der Waals surface area contributed by atoms with Gasteiger partial charge in [0, 0.05) is 11.2 Å². The average molecular weight is 243 g/mol. The van der Waals surface area contributed by atoms with E-state index in [2.05, 4.69) is 0 Å². The van der Waals surface area contributed by atoms with Crippen LogP contribution in [0.3, 0.4) is 0 Å². The highest BCUT2D eigenvalue weighted by molar-refractivity contribution is 7.73. The van der Waals surface area contributed by atoms with Crippen molar-refractivity contribution in [1.29, 1.82) is 0 Å². The lowest BCUT2D eigenvalue weighted by Gasteiger charge is -2.07. The predicted molar refractivity (Wildman–Crippen MR) is 68.7 cm³/mol. The van der Waals surface area contributed by atoms with Gasteiger partial charge in [-0.1, -0.05) is 36.4 Å². The van der Waals surface area contributed by atoms with Gasteiger partial charge in [-0.15, -0.1) is 11.6 Å². The van der Waals surface area contributed by atoms with Crippen molar-refractivity contribution in [3.63, 3.8) is 0 Å². The molecule has 3 heteroatoms. The highest BCUT2D eigenvalue weighted by Gasteiger charge is 2.12. The van der Waals surface area contributed by atoms with Crippen molar-refractivity contribution in [2.24, 2.45) is 0 Å². The Morgan fingerprint density at radius 1 is 1.33 bits per heavy atom. The Kier molecular flexibility index (Phi) is 5.14. The molecule has 0 radical (unpaired) electrons. The molecule has 0 N–H and O–H groups in total. The van der Waals surface area contributed by atoms with E-state index in [1.807, 2.05) is 42.2 Å². The Labute approximate surface area is 96.5 Å². The Bertz CT molecular complexity index is 359. The maximum Gasteiger partial charge on any atom is 0.133 e. The second-order valence-electron chi connectivity index (χ2n) is 3.54. The minimum atomic E-state index is -2.31. The van der Waals surface area contributed by atoms with Crippen LogP contribution in [0.25, 0.3) is 0 Å². The molecule has 0 aliphatic rings. The SMILES string of the molecule is C[P@](=O)(/C=C/CCCCl)c1ccccc1. The Hall–Kier alpha value is -0.520. The number of alkyl halides is 1. The minimum Gasteiger partial charge on any atom is -0.315 e. The molecule has 0 bridgehead atoms. The number of hydrogen-bond donors (Lipinski definition) is 0. The third-order valence-electron chi connectivity index (χ3n) is 2.16. The van der Waals surface area contributed by atoms with Crippen molar-refractivity contribution >= 4 is 24.0 Å². The van der Waals surface area contributed by atoms with E-state index in [1.54, 1.807) is 6.66 Å². The molecule has 0 fully saturated rings. The maximum absolute atomic E-state index is 12.3. The molecule has 0 amide bonds. The number of rotatable bonds is 5. The third kappa shape index (κ3) is 4.24. The van der Waals surface area contributed by atoms with Crippen LogP contribution in [0.2, 0.25) is 0 Å². The zero-order valence-corrected chi connectivity index (χ0v) is 10.5. The van der Waals surface area contributed by atoms with Crippen LogP contribution < -0.4 is 5.30 Å². The van der Waals surface area contributed by atoms with Gasteiger partial charge in [0.15, 0.2) is 0 Å². The van der Waals surface area contributed by atoms with Crippen molar-refractivity contribution < 1.29 is 4.57 Å². The van der Waals surface area contributed by atoms with Crippen molar-refractivity contribution in [2.45, 2.75) is 12.8 Å². The number of benzene rings is 1. The zero-order valence-electron chi connectivity index (χ0n) is 8.90. The van der Waals surface area contributed by atoms with Crippen LogP contribution in [0.4, 0.5) is 0 Å². The van der Waals surface area contributed by atoms with E-state index in [-0.39, 0.29) is 0 Å². The van der Waals surface area contributed by atoms with Crippen LogP contribution >= 0.6 is 18.7 Å². The average Bonchev–Trinajstić information content (AvgIpc) is 2.26. The lowest BCUT2D eigenvalue weighted by molar-refractivity contribution is 0.590. The molecule has 1 atom stereocenters. The van der Waals surface area contributed by atoms with Crippen LogP contribution in [0.15, 0.2) is 42.2 Å². The Morgan fingerprint density at radius 3 is 2.60 bits per heavy atom.